The summed E-state index contributed by atoms with van der Waals surface area (Å²) in [6.07, 6.45) is 0. The molecule has 0 fully saturated rings. The van der Waals surface area contributed by atoms with Gasteiger partial charge in [0, 0.05) is 21.5 Å². The number of methoxy groups -OCH3 is 2. The highest BCUT2D eigenvalue weighted by Gasteiger charge is 2.19. The number of benzene rings is 3. The van der Waals surface area contributed by atoms with Crippen molar-refractivity contribution in [1.82, 2.24) is 0 Å². The van der Waals surface area contributed by atoms with Gasteiger partial charge in [0.05, 0.1) is 25.5 Å². The first-order valence-corrected chi connectivity index (χ1v) is 13.0. The lowest BCUT2D eigenvalue weighted by Gasteiger charge is -2.13. The predicted molar refractivity (Wildman–Crippen MR) is 148 cm³/mol. The average molecular weight is 530 g/mol. The number of hydrogen-bond donors (Lipinski definition) is 2. The summed E-state index contributed by atoms with van der Waals surface area (Å²) < 4.78 is 10.6. The van der Waals surface area contributed by atoms with Crippen LogP contribution in [0.2, 0.25) is 0 Å². The first kappa shape index (κ1) is 25.8. The van der Waals surface area contributed by atoms with Crippen LogP contribution in [0.5, 0.6) is 11.5 Å². The fourth-order valence-electron chi connectivity index (χ4n) is 3.63. The van der Waals surface area contributed by atoms with Gasteiger partial charge in [-0.05, 0) is 35.9 Å². The molecule has 0 saturated carbocycles. The third kappa shape index (κ3) is 6.12. The van der Waals surface area contributed by atoms with E-state index in [-0.39, 0.29) is 17.6 Å². The number of thiophene rings is 1. The van der Waals surface area contributed by atoms with Crippen molar-refractivity contribution in [2.45, 2.75) is 4.90 Å². The highest BCUT2D eigenvalue weighted by atomic mass is 32.2. The number of carbonyl (C=O) groups excluding carboxylic acids is 2. The van der Waals surface area contributed by atoms with Crippen molar-refractivity contribution in [2.24, 2.45) is 0 Å². The number of anilines is 2. The summed E-state index contributed by atoms with van der Waals surface area (Å²) in [6.45, 7) is 0. The maximum atomic E-state index is 13.0. The van der Waals surface area contributed by atoms with Crippen LogP contribution >= 0.6 is 23.1 Å². The number of nitrogens with zero attached hydrogens (tertiary/aromatic N) is 1. The van der Waals surface area contributed by atoms with Gasteiger partial charge >= 0.3 is 0 Å². The molecular formula is C28H23N3O4S2. The number of nitriles is 1. The van der Waals surface area contributed by atoms with Crippen LogP contribution in [-0.2, 0) is 4.79 Å². The fourth-order valence-corrected chi connectivity index (χ4v) is 5.33. The van der Waals surface area contributed by atoms with Gasteiger partial charge in [-0.2, -0.15) is 5.26 Å². The van der Waals surface area contributed by atoms with Crippen molar-refractivity contribution in [3.8, 4) is 28.7 Å². The molecule has 0 saturated heterocycles. The molecule has 2 amide bonds. The van der Waals surface area contributed by atoms with Crippen LogP contribution in [-0.4, -0.2) is 31.8 Å². The maximum Gasteiger partial charge on any atom is 0.263 e. The molecule has 4 aromatic rings. The highest BCUT2D eigenvalue weighted by Crippen LogP contribution is 2.35. The highest BCUT2D eigenvalue weighted by molar-refractivity contribution is 8.00. The second kappa shape index (κ2) is 12.1. The molecule has 9 heteroatoms. The number of ether oxygens (including phenoxy) is 2. The Morgan fingerprint density at radius 1 is 0.946 bits per heavy atom. The van der Waals surface area contributed by atoms with E-state index in [9.17, 15) is 14.9 Å². The van der Waals surface area contributed by atoms with E-state index in [1.807, 2.05) is 41.8 Å². The molecule has 2 N–H and O–H groups in total. The van der Waals surface area contributed by atoms with E-state index < -0.39 is 0 Å². The SMILES string of the molecule is COc1cccc(OC)c1C(=O)Nc1cccc(SCC(=O)Nc2scc(-c3ccccc3)c2C#N)c1. The molecule has 0 unspecified atom stereocenters. The predicted octanol–water partition coefficient (Wildman–Crippen LogP) is 6.29. The van der Waals surface area contributed by atoms with Crippen molar-refractivity contribution in [1.29, 1.82) is 5.26 Å². The summed E-state index contributed by atoms with van der Waals surface area (Å²) in [4.78, 5) is 26.4. The normalized spacial score (nSPS) is 10.3. The first-order valence-electron chi connectivity index (χ1n) is 11.2. The third-order valence-corrected chi connectivity index (χ3v) is 7.25. The molecule has 0 atom stereocenters. The van der Waals surface area contributed by atoms with Crippen molar-refractivity contribution in [3.63, 3.8) is 0 Å². The molecule has 0 spiro atoms. The quantitative estimate of drug-likeness (QED) is 0.247. The molecule has 7 nitrogen and oxygen atoms in total. The number of thioether (sulfide) groups is 1. The zero-order valence-corrected chi connectivity index (χ0v) is 21.7. The Kier molecular flexibility index (Phi) is 8.46. The smallest absolute Gasteiger partial charge is 0.263 e. The van der Waals surface area contributed by atoms with Crippen LogP contribution in [0.25, 0.3) is 11.1 Å². The molecule has 186 valence electrons. The Hall–Kier alpha value is -4.26. The molecule has 0 aliphatic heterocycles. The van der Waals surface area contributed by atoms with Gasteiger partial charge in [-0.3, -0.25) is 9.59 Å². The van der Waals surface area contributed by atoms with Crippen LogP contribution in [0, 0.1) is 11.3 Å². The molecule has 3 aromatic carbocycles. The van der Waals surface area contributed by atoms with E-state index in [2.05, 4.69) is 16.7 Å². The van der Waals surface area contributed by atoms with E-state index in [0.29, 0.717) is 33.3 Å². The molecule has 0 aliphatic carbocycles. The number of amides is 2. The van der Waals surface area contributed by atoms with E-state index in [0.717, 1.165) is 16.0 Å². The minimum absolute atomic E-state index is 0.140. The van der Waals surface area contributed by atoms with E-state index in [4.69, 9.17) is 9.47 Å². The fraction of sp³-hybridized carbons (Fsp3) is 0.107. The Bertz CT molecular complexity index is 1440. The van der Waals surface area contributed by atoms with Crippen molar-refractivity contribution >= 4 is 45.6 Å². The summed E-state index contributed by atoms with van der Waals surface area (Å²) in [6, 6.07) is 24.1. The van der Waals surface area contributed by atoms with Gasteiger partial charge in [-0.1, -0.05) is 42.5 Å². The number of rotatable bonds is 9. The molecule has 37 heavy (non-hydrogen) atoms. The standard InChI is InChI=1S/C28H23N3O4S2/c1-34-23-12-7-13-24(35-2)26(23)27(33)30-19-10-6-11-20(14-19)36-17-25(32)31-28-21(15-29)22(16-37-28)18-8-4-3-5-9-18/h3-14,16H,17H2,1-2H3,(H,30,33)(H,31,32). The summed E-state index contributed by atoms with van der Waals surface area (Å²) in [5.74, 6) is 0.349. The molecule has 4 rings (SSSR count). The molecular weight excluding hydrogens is 506 g/mol. The first-order chi connectivity index (χ1) is 18.0. The lowest BCUT2D eigenvalue weighted by molar-refractivity contribution is -0.113. The van der Waals surface area contributed by atoms with Crippen LogP contribution in [0.15, 0.2) is 83.1 Å². The van der Waals surface area contributed by atoms with Gasteiger partial charge in [0.25, 0.3) is 5.91 Å². The van der Waals surface area contributed by atoms with Gasteiger partial charge in [0.2, 0.25) is 5.91 Å². The van der Waals surface area contributed by atoms with Gasteiger partial charge < -0.3 is 20.1 Å². The number of carbonyl (C=O) groups is 2. The zero-order valence-electron chi connectivity index (χ0n) is 20.1. The van der Waals surface area contributed by atoms with Crippen molar-refractivity contribution < 1.29 is 19.1 Å². The zero-order chi connectivity index (χ0) is 26.2. The lowest BCUT2D eigenvalue weighted by atomic mass is 10.1. The molecule has 1 heterocycles. The third-order valence-electron chi connectivity index (χ3n) is 5.36. The second-order valence-corrected chi connectivity index (χ2v) is 9.62. The van der Waals surface area contributed by atoms with Gasteiger partial charge in [-0.15, -0.1) is 23.1 Å². The van der Waals surface area contributed by atoms with Gasteiger partial charge in [0.1, 0.15) is 28.1 Å². The molecule has 0 bridgehead atoms. The van der Waals surface area contributed by atoms with Crippen LogP contribution < -0.4 is 20.1 Å². The Morgan fingerprint density at radius 2 is 1.65 bits per heavy atom. The Labute approximate surface area is 223 Å². The largest absolute Gasteiger partial charge is 0.496 e. The monoisotopic (exact) mass is 529 g/mol. The topological polar surface area (TPSA) is 100 Å². The van der Waals surface area contributed by atoms with Gasteiger partial charge in [-0.25, -0.2) is 0 Å². The minimum Gasteiger partial charge on any atom is -0.496 e. The van der Waals surface area contributed by atoms with Gasteiger partial charge in [0.15, 0.2) is 0 Å². The summed E-state index contributed by atoms with van der Waals surface area (Å²) >= 11 is 2.65. The van der Waals surface area contributed by atoms with Crippen LogP contribution in [0.1, 0.15) is 15.9 Å². The van der Waals surface area contributed by atoms with E-state index in [1.165, 1.54) is 37.3 Å². The van der Waals surface area contributed by atoms with Crippen LogP contribution in [0.3, 0.4) is 0 Å². The molecule has 1 aromatic heterocycles. The van der Waals surface area contributed by atoms with Crippen molar-refractivity contribution in [2.75, 3.05) is 30.6 Å². The Balaban J connectivity index is 1.40. The second-order valence-electron chi connectivity index (χ2n) is 7.69. The Morgan fingerprint density at radius 3 is 2.32 bits per heavy atom. The number of hydrogen-bond acceptors (Lipinski definition) is 7. The molecule has 0 radical (unpaired) electrons. The number of nitrogens with one attached hydrogen (secondary N) is 2. The van der Waals surface area contributed by atoms with E-state index in [1.54, 1.807) is 36.4 Å². The summed E-state index contributed by atoms with van der Waals surface area (Å²) in [5, 5.41) is 17.8. The molecule has 0 aliphatic rings. The summed E-state index contributed by atoms with van der Waals surface area (Å²) in [5.41, 5.74) is 3.04. The lowest BCUT2D eigenvalue weighted by Crippen LogP contribution is -2.15. The van der Waals surface area contributed by atoms with Crippen LogP contribution in [0.4, 0.5) is 10.7 Å². The average Bonchev–Trinajstić information content (AvgIpc) is 3.34. The van der Waals surface area contributed by atoms with E-state index >= 15 is 0 Å². The minimum atomic E-state index is -0.370. The van der Waals surface area contributed by atoms with Crippen molar-refractivity contribution in [3.05, 3.63) is 89.3 Å². The maximum absolute atomic E-state index is 13.0. The summed E-state index contributed by atoms with van der Waals surface area (Å²) in [7, 11) is 2.98.